The SMILES string of the molecule is CC(=O)c1ccc(C2c3ccccc3CCN2CC(=O)N(Cc2ccccc2F)C2Cc3ccccc3C2)cc1. The average Bonchev–Trinajstić information content (AvgIpc) is 3.40. The van der Waals surface area contributed by atoms with E-state index in [2.05, 4.69) is 35.2 Å². The molecule has 6 rings (SSSR count). The van der Waals surface area contributed by atoms with E-state index in [1.807, 2.05) is 53.4 Å². The second-order valence-corrected chi connectivity index (χ2v) is 10.9. The Labute approximate surface area is 235 Å². The zero-order chi connectivity index (χ0) is 27.6. The van der Waals surface area contributed by atoms with Crippen molar-refractivity contribution in [2.75, 3.05) is 13.1 Å². The van der Waals surface area contributed by atoms with Crippen LogP contribution in [0.25, 0.3) is 0 Å². The van der Waals surface area contributed by atoms with Crippen molar-refractivity contribution in [1.82, 2.24) is 9.80 Å². The van der Waals surface area contributed by atoms with Crippen LogP contribution >= 0.6 is 0 Å². The van der Waals surface area contributed by atoms with E-state index >= 15 is 0 Å². The van der Waals surface area contributed by atoms with E-state index in [-0.39, 0.29) is 42.7 Å². The number of amides is 1. The maximum Gasteiger partial charge on any atom is 0.237 e. The van der Waals surface area contributed by atoms with Crippen LogP contribution in [-0.4, -0.2) is 40.6 Å². The minimum Gasteiger partial charge on any atom is -0.333 e. The lowest BCUT2D eigenvalue weighted by Gasteiger charge is -2.39. The van der Waals surface area contributed by atoms with Crippen LogP contribution in [0.2, 0.25) is 0 Å². The highest BCUT2D eigenvalue weighted by atomic mass is 19.1. The number of carbonyl (C=O) groups excluding carboxylic acids is 2. The molecule has 0 aromatic heterocycles. The number of nitrogens with zero attached hydrogens (tertiary/aromatic N) is 2. The normalized spacial score (nSPS) is 16.8. The fourth-order valence-corrected chi connectivity index (χ4v) is 6.33. The lowest BCUT2D eigenvalue weighted by atomic mass is 9.87. The maximum absolute atomic E-state index is 14.8. The second kappa shape index (κ2) is 11.2. The Balaban J connectivity index is 1.31. The first-order valence-electron chi connectivity index (χ1n) is 14.0. The lowest BCUT2D eigenvalue weighted by molar-refractivity contribution is -0.136. The molecular weight excluding hydrogens is 499 g/mol. The molecule has 1 aliphatic carbocycles. The molecule has 0 spiro atoms. The van der Waals surface area contributed by atoms with Gasteiger partial charge in [0.15, 0.2) is 5.78 Å². The van der Waals surface area contributed by atoms with E-state index in [1.165, 1.54) is 28.3 Å². The predicted molar refractivity (Wildman–Crippen MR) is 155 cm³/mol. The highest BCUT2D eigenvalue weighted by molar-refractivity contribution is 5.94. The molecule has 0 fully saturated rings. The van der Waals surface area contributed by atoms with Gasteiger partial charge in [0.05, 0.1) is 12.6 Å². The molecular formula is C35H33FN2O2. The van der Waals surface area contributed by atoms with Crippen molar-refractivity contribution in [2.24, 2.45) is 0 Å². The number of Topliss-reactive ketones (excluding diaryl/α,β-unsaturated/α-hetero) is 1. The number of hydrogen-bond acceptors (Lipinski definition) is 3. The van der Waals surface area contributed by atoms with Gasteiger partial charge >= 0.3 is 0 Å². The molecule has 0 bridgehead atoms. The molecule has 1 unspecified atom stereocenters. The van der Waals surface area contributed by atoms with E-state index < -0.39 is 0 Å². The number of rotatable bonds is 7. The molecule has 4 nitrogen and oxygen atoms in total. The number of carbonyl (C=O) groups is 2. The Morgan fingerprint density at radius 3 is 2.12 bits per heavy atom. The van der Waals surface area contributed by atoms with Gasteiger partial charge in [-0.25, -0.2) is 4.39 Å². The van der Waals surface area contributed by atoms with Crippen LogP contribution in [0.4, 0.5) is 4.39 Å². The van der Waals surface area contributed by atoms with Gasteiger partial charge in [0.2, 0.25) is 5.91 Å². The minimum atomic E-state index is -0.286. The summed E-state index contributed by atoms with van der Waals surface area (Å²) in [5.41, 5.74) is 7.24. The van der Waals surface area contributed by atoms with Crippen LogP contribution in [0.15, 0.2) is 97.1 Å². The van der Waals surface area contributed by atoms with E-state index in [0.717, 1.165) is 31.4 Å². The highest BCUT2D eigenvalue weighted by Gasteiger charge is 2.35. The minimum absolute atomic E-state index is 0.00537. The van der Waals surface area contributed by atoms with Crippen LogP contribution in [0.1, 0.15) is 56.7 Å². The van der Waals surface area contributed by atoms with Crippen molar-refractivity contribution in [2.45, 2.75) is 44.8 Å². The molecule has 0 saturated carbocycles. The van der Waals surface area contributed by atoms with Crippen LogP contribution in [0.5, 0.6) is 0 Å². The summed E-state index contributed by atoms with van der Waals surface area (Å²) in [5.74, 6) is -0.249. The number of ketones is 1. The average molecular weight is 533 g/mol. The number of benzene rings is 4. The number of fused-ring (bicyclic) bond motifs is 2. The van der Waals surface area contributed by atoms with Crippen LogP contribution < -0.4 is 0 Å². The molecule has 0 radical (unpaired) electrons. The van der Waals surface area contributed by atoms with Crippen LogP contribution in [0.3, 0.4) is 0 Å². The first-order chi connectivity index (χ1) is 19.5. The Morgan fingerprint density at radius 1 is 0.825 bits per heavy atom. The lowest BCUT2D eigenvalue weighted by Crippen LogP contribution is -2.48. The monoisotopic (exact) mass is 532 g/mol. The number of hydrogen-bond donors (Lipinski definition) is 0. The van der Waals surface area contributed by atoms with Crippen molar-refractivity contribution in [3.63, 3.8) is 0 Å². The largest absolute Gasteiger partial charge is 0.333 e. The standard InChI is InChI=1S/C35H33FN2O2/c1-24(39)25-14-16-27(17-15-25)35-32-12-6-4-8-26(32)18-19-37(35)23-34(40)38(22-30-11-5-7-13-33(30)36)31-20-28-9-2-3-10-29(28)21-31/h2-17,31,35H,18-23H2,1H3. The molecule has 0 saturated heterocycles. The van der Waals surface area contributed by atoms with E-state index in [0.29, 0.717) is 11.1 Å². The maximum atomic E-state index is 14.8. The Hall–Kier alpha value is -4.09. The molecule has 40 heavy (non-hydrogen) atoms. The van der Waals surface area contributed by atoms with Crippen LogP contribution in [-0.2, 0) is 30.6 Å². The summed E-state index contributed by atoms with van der Waals surface area (Å²) in [6.07, 6.45) is 2.40. The number of halogens is 1. The van der Waals surface area contributed by atoms with Gasteiger partial charge < -0.3 is 4.90 Å². The van der Waals surface area contributed by atoms with Gasteiger partial charge in [0.1, 0.15) is 5.82 Å². The summed E-state index contributed by atoms with van der Waals surface area (Å²) in [4.78, 5) is 30.3. The van der Waals surface area contributed by atoms with E-state index in [9.17, 15) is 14.0 Å². The summed E-state index contributed by atoms with van der Waals surface area (Å²) in [6, 6.07) is 31.1. The zero-order valence-electron chi connectivity index (χ0n) is 22.7. The molecule has 4 aromatic carbocycles. The molecule has 1 aliphatic heterocycles. The third-order valence-electron chi connectivity index (χ3n) is 8.44. The van der Waals surface area contributed by atoms with Crippen molar-refractivity contribution in [3.8, 4) is 0 Å². The molecule has 1 heterocycles. The van der Waals surface area contributed by atoms with Crippen molar-refractivity contribution < 1.29 is 14.0 Å². The third-order valence-corrected chi connectivity index (χ3v) is 8.44. The van der Waals surface area contributed by atoms with Crippen molar-refractivity contribution in [3.05, 3.63) is 142 Å². The van der Waals surface area contributed by atoms with Gasteiger partial charge in [-0.1, -0.05) is 91.0 Å². The summed E-state index contributed by atoms with van der Waals surface area (Å²) in [7, 11) is 0. The van der Waals surface area contributed by atoms with Crippen molar-refractivity contribution in [1.29, 1.82) is 0 Å². The highest BCUT2D eigenvalue weighted by Crippen LogP contribution is 2.36. The molecule has 202 valence electrons. The fraction of sp³-hybridized carbons (Fsp3) is 0.257. The Bertz CT molecular complexity index is 1520. The van der Waals surface area contributed by atoms with E-state index in [1.54, 1.807) is 19.1 Å². The fourth-order valence-electron chi connectivity index (χ4n) is 6.33. The Morgan fingerprint density at radius 2 is 1.45 bits per heavy atom. The molecule has 0 N–H and O–H groups in total. The third kappa shape index (κ3) is 5.22. The first kappa shape index (κ1) is 26.1. The topological polar surface area (TPSA) is 40.6 Å². The summed E-state index contributed by atoms with van der Waals surface area (Å²) < 4.78 is 14.8. The van der Waals surface area contributed by atoms with Gasteiger partial charge in [-0.05, 0) is 60.1 Å². The molecule has 1 amide bonds. The van der Waals surface area contributed by atoms with Gasteiger partial charge in [-0.15, -0.1) is 0 Å². The zero-order valence-corrected chi connectivity index (χ0v) is 22.7. The summed E-state index contributed by atoms with van der Waals surface area (Å²) >= 11 is 0. The van der Waals surface area contributed by atoms with Gasteiger partial charge in [-0.3, -0.25) is 14.5 Å². The van der Waals surface area contributed by atoms with Crippen molar-refractivity contribution >= 4 is 11.7 Å². The van der Waals surface area contributed by atoms with E-state index in [4.69, 9.17) is 0 Å². The summed E-state index contributed by atoms with van der Waals surface area (Å²) in [6.45, 7) is 2.78. The quantitative estimate of drug-likeness (QED) is 0.267. The second-order valence-electron chi connectivity index (χ2n) is 10.9. The molecule has 2 aliphatic rings. The Kier molecular flexibility index (Phi) is 7.31. The first-order valence-corrected chi connectivity index (χ1v) is 14.0. The van der Waals surface area contributed by atoms with Crippen LogP contribution in [0, 0.1) is 5.82 Å². The molecule has 1 atom stereocenters. The molecule has 5 heteroatoms. The van der Waals surface area contributed by atoms with Gasteiger partial charge in [-0.2, -0.15) is 0 Å². The van der Waals surface area contributed by atoms with Gasteiger partial charge in [0, 0.05) is 30.3 Å². The predicted octanol–water partition coefficient (Wildman–Crippen LogP) is 6.17. The smallest absolute Gasteiger partial charge is 0.237 e. The molecule has 4 aromatic rings. The van der Waals surface area contributed by atoms with Gasteiger partial charge in [0.25, 0.3) is 0 Å². The summed E-state index contributed by atoms with van der Waals surface area (Å²) in [5, 5.41) is 0.